The maximum absolute atomic E-state index is 11.6. The van der Waals surface area contributed by atoms with E-state index in [0.717, 1.165) is 10.5 Å². The van der Waals surface area contributed by atoms with Gasteiger partial charge < -0.3 is 5.32 Å². The van der Waals surface area contributed by atoms with E-state index in [1.54, 1.807) is 12.1 Å². The second-order valence-corrected chi connectivity index (χ2v) is 4.68. The van der Waals surface area contributed by atoms with Crippen LogP contribution in [0.5, 0.6) is 0 Å². The summed E-state index contributed by atoms with van der Waals surface area (Å²) >= 11 is 0. The fourth-order valence-electron chi connectivity index (χ4n) is 2.09. The SMILES string of the molecule is CN1C(=O)CC(NCCc2ccc([N+](=O)[O-])cc2)C1=O. The van der Waals surface area contributed by atoms with Crippen molar-refractivity contribution in [1.29, 1.82) is 0 Å². The van der Waals surface area contributed by atoms with Gasteiger partial charge in [0.1, 0.15) is 0 Å². The number of likely N-dealkylation sites (N-methyl/N-ethyl adjacent to an activating group) is 1. The largest absolute Gasteiger partial charge is 0.305 e. The minimum atomic E-state index is -0.453. The highest BCUT2D eigenvalue weighted by Gasteiger charge is 2.35. The van der Waals surface area contributed by atoms with Crippen LogP contribution < -0.4 is 5.32 Å². The van der Waals surface area contributed by atoms with E-state index >= 15 is 0 Å². The predicted molar refractivity (Wildman–Crippen MR) is 71.0 cm³/mol. The summed E-state index contributed by atoms with van der Waals surface area (Å²) in [5.74, 6) is -0.387. The normalized spacial score (nSPS) is 18.6. The first-order chi connectivity index (χ1) is 9.49. The first-order valence-corrected chi connectivity index (χ1v) is 6.26. The van der Waals surface area contributed by atoms with Gasteiger partial charge in [0.15, 0.2) is 0 Å². The fraction of sp³-hybridized carbons (Fsp3) is 0.385. The van der Waals surface area contributed by atoms with Crippen molar-refractivity contribution in [2.75, 3.05) is 13.6 Å². The van der Waals surface area contributed by atoms with Gasteiger partial charge in [0.2, 0.25) is 11.8 Å². The van der Waals surface area contributed by atoms with Crippen molar-refractivity contribution in [3.8, 4) is 0 Å². The maximum atomic E-state index is 11.6. The molecular formula is C13H15N3O4. The molecule has 1 unspecified atom stereocenters. The van der Waals surface area contributed by atoms with Gasteiger partial charge in [-0.15, -0.1) is 0 Å². The molecule has 0 aliphatic carbocycles. The lowest BCUT2D eigenvalue weighted by Gasteiger charge is -2.10. The summed E-state index contributed by atoms with van der Waals surface area (Å²) in [7, 11) is 1.47. The molecule has 1 fully saturated rings. The van der Waals surface area contributed by atoms with E-state index in [9.17, 15) is 19.7 Å². The van der Waals surface area contributed by atoms with Crippen LogP contribution in [0.2, 0.25) is 0 Å². The molecule has 1 aromatic carbocycles. The van der Waals surface area contributed by atoms with Gasteiger partial charge in [0.05, 0.1) is 17.4 Å². The first-order valence-electron chi connectivity index (χ1n) is 6.26. The number of nitro groups is 1. The second-order valence-electron chi connectivity index (χ2n) is 4.68. The maximum Gasteiger partial charge on any atom is 0.269 e. The van der Waals surface area contributed by atoms with Crippen LogP contribution >= 0.6 is 0 Å². The van der Waals surface area contributed by atoms with Gasteiger partial charge in [0.25, 0.3) is 5.69 Å². The van der Waals surface area contributed by atoms with E-state index in [1.807, 2.05) is 0 Å². The van der Waals surface area contributed by atoms with Crippen molar-refractivity contribution in [2.45, 2.75) is 18.9 Å². The number of hydrogen-bond donors (Lipinski definition) is 1. The molecule has 1 atom stereocenters. The van der Waals surface area contributed by atoms with Crippen molar-refractivity contribution in [3.05, 3.63) is 39.9 Å². The molecule has 0 saturated carbocycles. The van der Waals surface area contributed by atoms with Gasteiger partial charge in [-0.25, -0.2) is 0 Å². The molecule has 1 aliphatic rings. The Morgan fingerprint density at radius 1 is 1.35 bits per heavy atom. The van der Waals surface area contributed by atoms with Gasteiger partial charge in [-0.1, -0.05) is 12.1 Å². The van der Waals surface area contributed by atoms with E-state index in [1.165, 1.54) is 19.2 Å². The summed E-state index contributed by atoms with van der Waals surface area (Å²) in [5, 5.41) is 13.5. The van der Waals surface area contributed by atoms with Crippen molar-refractivity contribution in [3.63, 3.8) is 0 Å². The molecule has 7 nitrogen and oxygen atoms in total. The topological polar surface area (TPSA) is 92.6 Å². The summed E-state index contributed by atoms with van der Waals surface area (Å²) in [6.07, 6.45) is 0.829. The molecule has 0 bridgehead atoms. The van der Waals surface area contributed by atoms with Crippen LogP contribution in [0.1, 0.15) is 12.0 Å². The van der Waals surface area contributed by atoms with E-state index in [0.29, 0.717) is 13.0 Å². The molecular weight excluding hydrogens is 262 g/mol. The average Bonchev–Trinajstić information content (AvgIpc) is 2.67. The molecule has 1 saturated heterocycles. The Labute approximate surface area is 115 Å². The number of non-ortho nitro benzene ring substituents is 1. The molecule has 2 rings (SSSR count). The Morgan fingerprint density at radius 3 is 2.50 bits per heavy atom. The highest BCUT2D eigenvalue weighted by Crippen LogP contribution is 2.13. The Kier molecular flexibility index (Phi) is 4.09. The zero-order valence-corrected chi connectivity index (χ0v) is 11.0. The number of amides is 2. The van der Waals surface area contributed by atoms with Crippen LogP contribution in [0.3, 0.4) is 0 Å². The van der Waals surface area contributed by atoms with Gasteiger partial charge in [-0.3, -0.25) is 24.6 Å². The zero-order valence-electron chi connectivity index (χ0n) is 11.0. The smallest absolute Gasteiger partial charge is 0.269 e. The zero-order chi connectivity index (χ0) is 14.7. The number of rotatable bonds is 5. The molecule has 0 aromatic heterocycles. The third kappa shape index (κ3) is 3.00. The molecule has 0 radical (unpaired) electrons. The summed E-state index contributed by atoms with van der Waals surface area (Å²) in [4.78, 5) is 34.2. The summed E-state index contributed by atoms with van der Waals surface area (Å²) < 4.78 is 0. The van der Waals surface area contributed by atoms with Crippen LogP contribution in [-0.4, -0.2) is 41.3 Å². The van der Waals surface area contributed by atoms with E-state index in [-0.39, 0.29) is 23.9 Å². The lowest BCUT2D eigenvalue weighted by atomic mass is 10.1. The highest BCUT2D eigenvalue weighted by atomic mass is 16.6. The lowest BCUT2D eigenvalue weighted by molar-refractivity contribution is -0.384. The minimum Gasteiger partial charge on any atom is -0.305 e. The van der Waals surface area contributed by atoms with E-state index in [4.69, 9.17) is 0 Å². The number of nitrogens with one attached hydrogen (secondary N) is 1. The van der Waals surface area contributed by atoms with E-state index < -0.39 is 11.0 Å². The van der Waals surface area contributed by atoms with E-state index in [2.05, 4.69) is 5.32 Å². The van der Waals surface area contributed by atoms with Gasteiger partial charge in [0, 0.05) is 19.2 Å². The molecule has 1 N–H and O–H groups in total. The monoisotopic (exact) mass is 277 g/mol. The number of imide groups is 1. The molecule has 7 heteroatoms. The Morgan fingerprint density at radius 2 is 2.00 bits per heavy atom. The number of carbonyl (C=O) groups excluding carboxylic acids is 2. The summed E-state index contributed by atoms with van der Waals surface area (Å²) in [6, 6.07) is 5.83. The molecule has 1 aliphatic heterocycles. The van der Waals surface area contributed by atoms with Crippen LogP contribution in [0.25, 0.3) is 0 Å². The van der Waals surface area contributed by atoms with Crippen LogP contribution in [-0.2, 0) is 16.0 Å². The van der Waals surface area contributed by atoms with Crippen LogP contribution in [0.15, 0.2) is 24.3 Å². The summed E-state index contributed by atoms with van der Waals surface area (Å²) in [6.45, 7) is 0.537. The van der Waals surface area contributed by atoms with Gasteiger partial charge in [-0.05, 0) is 18.5 Å². The third-order valence-electron chi connectivity index (χ3n) is 3.33. The summed E-state index contributed by atoms with van der Waals surface area (Å²) in [5.41, 5.74) is 0.994. The van der Waals surface area contributed by atoms with Crippen molar-refractivity contribution in [1.82, 2.24) is 10.2 Å². The fourth-order valence-corrected chi connectivity index (χ4v) is 2.09. The third-order valence-corrected chi connectivity index (χ3v) is 3.33. The number of likely N-dealkylation sites (tertiary alicyclic amines) is 1. The Bertz CT molecular complexity index is 541. The minimum absolute atomic E-state index is 0.0555. The van der Waals surface area contributed by atoms with Crippen molar-refractivity contribution < 1.29 is 14.5 Å². The Hall–Kier alpha value is -2.28. The molecule has 0 spiro atoms. The van der Waals surface area contributed by atoms with Gasteiger partial charge in [-0.2, -0.15) is 0 Å². The Balaban J connectivity index is 1.83. The van der Waals surface area contributed by atoms with Crippen molar-refractivity contribution >= 4 is 17.5 Å². The number of hydrogen-bond acceptors (Lipinski definition) is 5. The molecule has 1 aromatic rings. The molecule has 106 valence electrons. The molecule has 20 heavy (non-hydrogen) atoms. The number of benzene rings is 1. The lowest BCUT2D eigenvalue weighted by Crippen LogP contribution is -2.38. The van der Waals surface area contributed by atoms with Crippen LogP contribution in [0.4, 0.5) is 5.69 Å². The molecule has 1 heterocycles. The quantitative estimate of drug-likeness (QED) is 0.480. The second kappa shape index (κ2) is 5.79. The first kappa shape index (κ1) is 14.1. The highest BCUT2D eigenvalue weighted by molar-refractivity contribution is 6.05. The van der Waals surface area contributed by atoms with Crippen LogP contribution in [0, 0.1) is 10.1 Å². The number of carbonyl (C=O) groups is 2. The van der Waals surface area contributed by atoms with Crippen molar-refractivity contribution in [2.24, 2.45) is 0 Å². The van der Waals surface area contributed by atoms with Gasteiger partial charge >= 0.3 is 0 Å². The predicted octanol–water partition coefficient (Wildman–Crippen LogP) is 0.484. The number of nitro benzene ring substituents is 1. The number of nitrogens with zero attached hydrogens (tertiary/aromatic N) is 2. The molecule has 2 amide bonds. The average molecular weight is 277 g/mol. The standard InChI is InChI=1S/C13H15N3O4/c1-15-12(17)8-11(13(15)18)14-7-6-9-2-4-10(5-3-9)16(19)20/h2-5,11,14H,6-8H2,1H3.